The third kappa shape index (κ3) is 3.42. The molecule has 1 aliphatic rings. The number of pyridine rings is 1. The van der Waals surface area contributed by atoms with Crippen molar-refractivity contribution in [1.82, 2.24) is 14.8 Å². The number of benzene rings is 1. The molecule has 0 unspecified atom stereocenters. The summed E-state index contributed by atoms with van der Waals surface area (Å²) < 4.78 is 15.2. The maximum atomic E-state index is 13.5. The number of carbonyl (C=O) groups is 1. The van der Waals surface area contributed by atoms with Crippen LogP contribution in [0.5, 0.6) is 0 Å². The van der Waals surface area contributed by atoms with Gasteiger partial charge in [0.25, 0.3) is 5.91 Å². The molecule has 0 aliphatic carbocycles. The van der Waals surface area contributed by atoms with Gasteiger partial charge >= 0.3 is 0 Å². The molecule has 0 saturated carbocycles. The highest BCUT2D eigenvalue weighted by Gasteiger charge is 2.34. The molecule has 1 aliphatic heterocycles. The highest BCUT2D eigenvalue weighted by atomic mass is 35.5. The first-order chi connectivity index (χ1) is 12.5. The van der Waals surface area contributed by atoms with E-state index >= 15 is 0 Å². The lowest BCUT2D eigenvalue weighted by molar-refractivity contribution is 0.0954. The van der Waals surface area contributed by atoms with Crippen LogP contribution in [0.2, 0.25) is 10.0 Å². The molecule has 1 atom stereocenters. The van der Waals surface area contributed by atoms with Gasteiger partial charge in [0.1, 0.15) is 5.69 Å². The first-order valence-corrected chi connectivity index (χ1v) is 8.67. The maximum absolute atomic E-state index is 13.5. The lowest BCUT2D eigenvalue weighted by Crippen LogP contribution is -2.42. The number of rotatable bonds is 2. The summed E-state index contributed by atoms with van der Waals surface area (Å²) in [6, 6.07) is 7.94. The van der Waals surface area contributed by atoms with Gasteiger partial charge in [-0.05, 0) is 36.8 Å². The standard InChI is InChI=1S/C18H13Cl2FN4O.H2S/c1-10-9-24(12-2-3-14(19)15(20)7-12)18(26)17-13(8-23-25(10)17)11-4-5-22-16(21)6-11;/h2-8,10H,9H2,1H3;1H2/t10-;/m0./s1. The van der Waals surface area contributed by atoms with Crippen molar-refractivity contribution in [2.75, 3.05) is 11.4 Å². The molecule has 140 valence electrons. The number of fused-ring (bicyclic) bond motifs is 1. The topological polar surface area (TPSA) is 51.0 Å². The van der Waals surface area contributed by atoms with E-state index in [1.165, 1.54) is 12.3 Å². The van der Waals surface area contributed by atoms with Crippen LogP contribution in [0.25, 0.3) is 11.1 Å². The molecule has 1 aromatic carbocycles. The fourth-order valence-electron chi connectivity index (χ4n) is 3.12. The van der Waals surface area contributed by atoms with Crippen LogP contribution in [0.1, 0.15) is 23.5 Å². The van der Waals surface area contributed by atoms with Crippen molar-refractivity contribution in [3.63, 3.8) is 0 Å². The minimum Gasteiger partial charge on any atom is -0.305 e. The zero-order valence-electron chi connectivity index (χ0n) is 14.2. The Labute approximate surface area is 172 Å². The molecule has 0 fully saturated rings. The van der Waals surface area contributed by atoms with Crippen LogP contribution in [0, 0.1) is 5.95 Å². The molecule has 0 saturated heterocycles. The van der Waals surface area contributed by atoms with Crippen molar-refractivity contribution in [2.24, 2.45) is 0 Å². The zero-order chi connectivity index (χ0) is 18.4. The molecule has 9 heteroatoms. The summed E-state index contributed by atoms with van der Waals surface area (Å²) in [7, 11) is 0. The van der Waals surface area contributed by atoms with Crippen LogP contribution in [0.4, 0.5) is 10.1 Å². The van der Waals surface area contributed by atoms with E-state index < -0.39 is 5.95 Å². The quantitative estimate of drug-likeness (QED) is 0.558. The summed E-state index contributed by atoms with van der Waals surface area (Å²) >= 11 is 12.1. The second kappa shape index (κ2) is 7.50. The van der Waals surface area contributed by atoms with Crippen molar-refractivity contribution in [1.29, 1.82) is 0 Å². The minimum absolute atomic E-state index is 0. The third-order valence-corrected chi connectivity index (χ3v) is 5.10. The monoisotopic (exact) mass is 424 g/mol. The van der Waals surface area contributed by atoms with Gasteiger partial charge in [0.15, 0.2) is 0 Å². The first kappa shape index (κ1) is 19.7. The highest BCUT2D eigenvalue weighted by Crippen LogP contribution is 2.34. The molecule has 5 nitrogen and oxygen atoms in total. The predicted octanol–water partition coefficient (Wildman–Crippen LogP) is 4.73. The molecule has 0 spiro atoms. The van der Waals surface area contributed by atoms with Crippen LogP contribution in [-0.4, -0.2) is 27.2 Å². The van der Waals surface area contributed by atoms with Crippen LogP contribution in [0.3, 0.4) is 0 Å². The number of hydrogen-bond acceptors (Lipinski definition) is 3. The first-order valence-electron chi connectivity index (χ1n) is 7.92. The third-order valence-electron chi connectivity index (χ3n) is 4.36. The van der Waals surface area contributed by atoms with E-state index in [9.17, 15) is 9.18 Å². The summed E-state index contributed by atoms with van der Waals surface area (Å²) in [6.45, 7) is 2.40. The van der Waals surface area contributed by atoms with Gasteiger partial charge in [-0.2, -0.15) is 23.0 Å². The normalized spacial score (nSPS) is 16.1. The lowest BCUT2D eigenvalue weighted by Gasteiger charge is -2.32. The van der Waals surface area contributed by atoms with Gasteiger partial charge in [-0.25, -0.2) is 4.98 Å². The largest absolute Gasteiger partial charge is 0.305 e. The Morgan fingerprint density at radius 2 is 1.96 bits per heavy atom. The summed E-state index contributed by atoms with van der Waals surface area (Å²) in [5.74, 6) is -0.841. The van der Waals surface area contributed by atoms with Crippen LogP contribution >= 0.6 is 36.7 Å². The van der Waals surface area contributed by atoms with E-state index in [1.54, 1.807) is 40.0 Å². The molecular weight excluding hydrogens is 410 g/mol. The number of hydrogen-bond donors (Lipinski definition) is 0. The fraction of sp³-hybridized carbons (Fsp3) is 0.167. The smallest absolute Gasteiger partial charge is 0.277 e. The van der Waals surface area contributed by atoms with Crippen LogP contribution in [-0.2, 0) is 0 Å². The van der Waals surface area contributed by atoms with E-state index in [4.69, 9.17) is 23.2 Å². The number of anilines is 1. The van der Waals surface area contributed by atoms with Gasteiger partial charge in [0.2, 0.25) is 5.95 Å². The molecule has 3 aromatic rings. The summed E-state index contributed by atoms with van der Waals surface area (Å²) in [5, 5.41) is 5.13. The Hall–Kier alpha value is -2.09. The minimum atomic E-state index is -0.611. The molecule has 2 aromatic heterocycles. The van der Waals surface area contributed by atoms with E-state index in [-0.39, 0.29) is 25.4 Å². The average Bonchev–Trinajstić information content (AvgIpc) is 3.06. The van der Waals surface area contributed by atoms with Gasteiger partial charge in [-0.1, -0.05) is 23.2 Å². The van der Waals surface area contributed by atoms with Crippen molar-refractivity contribution >= 4 is 48.3 Å². The van der Waals surface area contributed by atoms with Crippen molar-refractivity contribution in [3.05, 3.63) is 64.4 Å². The van der Waals surface area contributed by atoms with Gasteiger partial charge in [-0.3, -0.25) is 9.48 Å². The van der Waals surface area contributed by atoms with E-state index in [1.807, 2.05) is 6.92 Å². The fourth-order valence-corrected chi connectivity index (χ4v) is 3.41. The molecule has 0 N–H and O–H groups in total. The maximum Gasteiger partial charge on any atom is 0.277 e. The summed E-state index contributed by atoms with van der Waals surface area (Å²) in [4.78, 5) is 18.4. The van der Waals surface area contributed by atoms with E-state index in [0.29, 0.717) is 39.1 Å². The van der Waals surface area contributed by atoms with Gasteiger partial charge < -0.3 is 4.90 Å². The molecule has 3 heterocycles. The zero-order valence-corrected chi connectivity index (χ0v) is 16.7. The van der Waals surface area contributed by atoms with Crippen molar-refractivity contribution < 1.29 is 9.18 Å². The number of aromatic nitrogens is 3. The van der Waals surface area contributed by atoms with E-state index in [2.05, 4.69) is 10.1 Å². The Balaban J connectivity index is 0.00000210. The molecule has 4 rings (SSSR count). The van der Waals surface area contributed by atoms with Crippen LogP contribution in [0.15, 0.2) is 42.7 Å². The number of halogens is 3. The van der Waals surface area contributed by atoms with Gasteiger partial charge in [0.05, 0.1) is 22.3 Å². The number of carbonyl (C=O) groups excluding carboxylic acids is 1. The molecule has 0 bridgehead atoms. The Bertz CT molecular complexity index is 1030. The van der Waals surface area contributed by atoms with Crippen LogP contribution < -0.4 is 4.90 Å². The SMILES string of the molecule is C[C@H]1CN(c2ccc(Cl)c(Cl)c2)C(=O)c2c(-c3ccnc(F)c3)cnn21.S. The second-order valence-electron chi connectivity index (χ2n) is 6.08. The average molecular weight is 425 g/mol. The summed E-state index contributed by atoms with van der Waals surface area (Å²) in [5.41, 5.74) is 2.17. The lowest BCUT2D eigenvalue weighted by atomic mass is 10.0. The Morgan fingerprint density at radius 3 is 2.67 bits per heavy atom. The Morgan fingerprint density at radius 1 is 1.19 bits per heavy atom. The van der Waals surface area contributed by atoms with Gasteiger partial charge in [-0.15, -0.1) is 0 Å². The molecule has 0 radical (unpaired) electrons. The predicted molar refractivity (Wildman–Crippen MR) is 109 cm³/mol. The van der Waals surface area contributed by atoms with Gasteiger partial charge in [0, 0.05) is 30.1 Å². The second-order valence-corrected chi connectivity index (χ2v) is 6.90. The van der Waals surface area contributed by atoms with E-state index in [0.717, 1.165) is 0 Å². The highest BCUT2D eigenvalue weighted by molar-refractivity contribution is 7.59. The number of amides is 1. The van der Waals surface area contributed by atoms with Crippen molar-refractivity contribution in [3.8, 4) is 11.1 Å². The van der Waals surface area contributed by atoms with Crippen molar-refractivity contribution in [2.45, 2.75) is 13.0 Å². The molecule has 27 heavy (non-hydrogen) atoms. The molecular formula is C18H15Cl2FN4OS. The summed E-state index contributed by atoms with van der Waals surface area (Å²) in [6.07, 6.45) is 2.94. The molecule has 1 amide bonds. The Kier molecular flexibility index (Phi) is 5.46. The number of nitrogens with zero attached hydrogens (tertiary/aromatic N) is 4.